The first-order valence-corrected chi connectivity index (χ1v) is 17.2. The van der Waals surface area contributed by atoms with Gasteiger partial charge in [0, 0.05) is 33.0 Å². The zero-order chi connectivity index (χ0) is 37.8. The molecule has 0 N–H and O–H groups in total. The second kappa shape index (κ2) is 15.6. The van der Waals surface area contributed by atoms with Gasteiger partial charge >= 0.3 is 18.2 Å². The summed E-state index contributed by atoms with van der Waals surface area (Å²) in [5.41, 5.74) is 2.95. The fraction of sp³-hybridized carbons (Fsp3) is 0.400. The van der Waals surface area contributed by atoms with E-state index < -0.39 is 59.8 Å². The predicted molar refractivity (Wildman–Crippen MR) is 189 cm³/mol. The number of amides is 3. The van der Waals surface area contributed by atoms with Gasteiger partial charge in [0.15, 0.2) is 0 Å². The quantitative estimate of drug-likeness (QED) is 0.178. The van der Waals surface area contributed by atoms with Crippen molar-refractivity contribution in [1.82, 2.24) is 14.7 Å². The summed E-state index contributed by atoms with van der Waals surface area (Å²) in [7, 11) is 2.87. The summed E-state index contributed by atoms with van der Waals surface area (Å²) in [4.78, 5) is 58.5. The van der Waals surface area contributed by atoms with E-state index in [1.807, 2.05) is 54.6 Å². The first-order chi connectivity index (χ1) is 24.5. The van der Waals surface area contributed by atoms with Crippen LogP contribution in [0.1, 0.15) is 61.8 Å². The third-order valence-electron chi connectivity index (χ3n) is 9.26. The summed E-state index contributed by atoms with van der Waals surface area (Å²) in [6.45, 7) is 4.80. The minimum absolute atomic E-state index is 0.0438. The standard InChI is InChI=1S/C40H44F3N3O6/c1-39(2,3)52-35(47)24-44(4)36(48)34(23-26-18-20-27(21-19-26)40(41,42)43)46-22-12-6-7-17-33(37(46)49)45(5)38(50)51-25-32-30-15-10-8-13-28(30)29-14-9-11-16-31(29)32/h6-11,13-16,18-21,32-34H,12,17,22-25H2,1-5H3/b7-6-/t33-,34-/m0/s1. The normalized spacial score (nSPS) is 17.3. The van der Waals surface area contributed by atoms with Gasteiger partial charge in [-0.25, -0.2) is 4.79 Å². The number of hydrogen-bond donors (Lipinski definition) is 0. The number of fused-ring (bicyclic) bond motifs is 3. The Balaban J connectivity index is 1.38. The van der Waals surface area contributed by atoms with E-state index in [-0.39, 0.29) is 31.9 Å². The van der Waals surface area contributed by atoms with E-state index in [0.717, 1.165) is 39.3 Å². The molecule has 2 aliphatic rings. The van der Waals surface area contributed by atoms with Gasteiger partial charge in [-0.2, -0.15) is 13.2 Å². The van der Waals surface area contributed by atoms with E-state index in [2.05, 4.69) is 0 Å². The van der Waals surface area contributed by atoms with Gasteiger partial charge in [-0.05, 0) is 73.6 Å². The Bertz CT molecular complexity index is 1770. The number of rotatable bonds is 9. The molecule has 5 rings (SSSR count). The van der Waals surface area contributed by atoms with Crippen LogP contribution < -0.4 is 0 Å². The van der Waals surface area contributed by atoms with Crippen LogP contribution >= 0.6 is 0 Å². The highest BCUT2D eigenvalue weighted by molar-refractivity contribution is 5.93. The molecule has 2 atom stereocenters. The summed E-state index contributed by atoms with van der Waals surface area (Å²) in [6.07, 6.45) is -1.22. The van der Waals surface area contributed by atoms with E-state index in [1.165, 1.54) is 36.0 Å². The topological polar surface area (TPSA) is 96.5 Å². The van der Waals surface area contributed by atoms with Crippen LogP contribution in [0.25, 0.3) is 11.1 Å². The summed E-state index contributed by atoms with van der Waals surface area (Å²) >= 11 is 0. The first-order valence-electron chi connectivity index (χ1n) is 17.2. The zero-order valence-electron chi connectivity index (χ0n) is 30.0. The lowest BCUT2D eigenvalue weighted by atomic mass is 9.98. The Hall–Kier alpha value is -5.13. The molecule has 3 aromatic carbocycles. The highest BCUT2D eigenvalue weighted by Gasteiger charge is 2.39. The molecule has 1 aliphatic carbocycles. The third-order valence-corrected chi connectivity index (χ3v) is 9.26. The molecule has 0 fully saturated rings. The Labute approximate surface area is 302 Å². The Kier molecular flexibility index (Phi) is 11.5. The fourth-order valence-electron chi connectivity index (χ4n) is 6.70. The van der Waals surface area contributed by atoms with Crippen LogP contribution in [-0.4, -0.2) is 90.1 Å². The molecule has 3 amide bonds. The highest BCUT2D eigenvalue weighted by atomic mass is 19.4. The molecule has 3 aromatic rings. The molecule has 0 unspecified atom stereocenters. The maximum atomic E-state index is 14.4. The van der Waals surface area contributed by atoms with Crippen LogP contribution in [0.2, 0.25) is 0 Å². The van der Waals surface area contributed by atoms with Crippen molar-refractivity contribution in [2.45, 2.75) is 69.8 Å². The van der Waals surface area contributed by atoms with Gasteiger partial charge < -0.3 is 19.3 Å². The van der Waals surface area contributed by atoms with Crippen molar-refractivity contribution in [3.8, 4) is 11.1 Å². The van der Waals surface area contributed by atoms with Gasteiger partial charge in [0.25, 0.3) is 0 Å². The van der Waals surface area contributed by atoms with Crippen LogP contribution in [0.3, 0.4) is 0 Å². The predicted octanol–water partition coefficient (Wildman–Crippen LogP) is 6.84. The van der Waals surface area contributed by atoms with Crippen LogP contribution in [-0.2, 0) is 36.5 Å². The number of halogens is 3. The van der Waals surface area contributed by atoms with Crippen LogP contribution in [0.4, 0.5) is 18.0 Å². The van der Waals surface area contributed by atoms with Crippen molar-refractivity contribution >= 4 is 23.9 Å². The molecule has 52 heavy (non-hydrogen) atoms. The number of ether oxygens (including phenoxy) is 2. The van der Waals surface area contributed by atoms with Crippen molar-refractivity contribution in [3.63, 3.8) is 0 Å². The largest absolute Gasteiger partial charge is 0.459 e. The number of hydrogen-bond acceptors (Lipinski definition) is 6. The molecular formula is C40H44F3N3O6. The van der Waals surface area contributed by atoms with Crippen molar-refractivity contribution in [1.29, 1.82) is 0 Å². The molecular weight excluding hydrogens is 675 g/mol. The van der Waals surface area contributed by atoms with E-state index >= 15 is 0 Å². The lowest BCUT2D eigenvalue weighted by molar-refractivity contribution is -0.159. The molecule has 1 heterocycles. The smallest absolute Gasteiger partial charge is 0.416 e. The molecule has 0 radical (unpaired) electrons. The second-order valence-electron chi connectivity index (χ2n) is 14.2. The number of benzene rings is 3. The average molecular weight is 720 g/mol. The number of esters is 1. The van der Waals surface area contributed by atoms with Gasteiger partial charge in [0.1, 0.15) is 30.8 Å². The van der Waals surface area contributed by atoms with E-state index in [0.29, 0.717) is 12.0 Å². The SMILES string of the molecule is CN(CC(=O)OC(C)(C)C)C(=O)[C@H](Cc1ccc(C(F)(F)F)cc1)N1CC/C=C\C[C@H](N(C)C(=O)OCC2c3ccccc3-c3ccccc32)C1=O. The fourth-order valence-corrected chi connectivity index (χ4v) is 6.70. The lowest BCUT2D eigenvalue weighted by Gasteiger charge is -2.38. The minimum Gasteiger partial charge on any atom is -0.459 e. The van der Waals surface area contributed by atoms with Crippen molar-refractivity contribution in [3.05, 3.63) is 107 Å². The summed E-state index contributed by atoms with van der Waals surface area (Å²) < 4.78 is 51.2. The Morgan fingerprint density at radius 3 is 2.06 bits per heavy atom. The van der Waals surface area contributed by atoms with Gasteiger partial charge in [0.05, 0.1) is 5.56 Å². The van der Waals surface area contributed by atoms with Crippen molar-refractivity contribution in [2.75, 3.05) is 33.8 Å². The van der Waals surface area contributed by atoms with Crippen LogP contribution in [0, 0.1) is 0 Å². The van der Waals surface area contributed by atoms with Crippen LogP contribution in [0.15, 0.2) is 84.9 Å². The first kappa shape index (κ1) is 38.1. The molecule has 1 aliphatic heterocycles. The number of likely N-dealkylation sites (N-methyl/N-ethyl adjacent to an activating group) is 2. The molecule has 276 valence electrons. The average Bonchev–Trinajstić information content (AvgIpc) is 3.40. The van der Waals surface area contributed by atoms with E-state index in [9.17, 15) is 32.3 Å². The number of carbonyl (C=O) groups is 4. The number of alkyl halides is 3. The number of carbonyl (C=O) groups excluding carboxylic acids is 4. The maximum absolute atomic E-state index is 14.4. The van der Waals surface area contributed by atoms with Crippen LogP contribution in [0.5, 0.6) is 0 Å². The minimum atomic E-state index is -4.55. The van der Waals surface area contributed by atoms with E-state index in [4.69, 9.17) is 9.47 Å². The monoisotopic (exact) mass is 719 g/mol. The van der Waals surface area contributed by atoms with Gasteiger partial charge in [0.2, 0.25) is 11.8 Å². The van der Waals surface area contributed by atoms with E-state index in [1.54, 1.807) is 26.8 Å². The molecule has 0 saturated carbocycles. The Morgan fingerprint density at radius 1 is 0.885 bits per heavy atom. The molecule has 0 saturated heterocycles. The van der Waals surface area contributed by atoms with Crippen molar-refractivity contribution < 1.29 is 41.8 Å². The summed E-state index contributed by atoms with van der Waals surface area (Å²) in [6, 6.07) is 18.0. The Morgan fingerprint density at radius 2 is 1.48 bits per heavy atom. The maximum Gasteiger partial charge on any atom is 0.416 e. The zero-order valence-corrected chi connectivity index (χ0v) is 30.0. The molecule has 9 nitrogen and oxygen atoms in total. The molecule has 0 spiro atoms. The lowest BCUT2D eigenvalue weighted by Crippen LogP contribution is -2.58. The molecule has 12 heteroatoms. The molecule has 0 aromatic heterocycles. The highest BCUT2D eigenvalue weighted by Crippen LogP contribution is 2.44. The van der Waals surface area contributed by atoms with Crippen molar-refractivity contribution in [2.24, 2.45) is 0 Å². The van der Waals surface area contributed by atoms with Gasteiger partial charge in [-0.15, -0.1) is 0 Å². The molecule has 0 bridgehead atoms. The summed E-state index contributed by atoms with van der Waals surface area (Å²) in [5.74, 6) is -1.99. The third kappa shape index (κ3) is 8.83. The van der Waals surface area contributed by atoms with Gasteiger partial charge in [-0.1, -0.05) is 72.8 Å². The van der Waals surface area contributed by atoms with Gasteiger partial charge in [-0.3, -0.25) is 19.3 Å². The number of nitrogens with zero attached hydrogens (tertiary/aromatic N) is 3. The summed E-state index contributed by atoms with van der Waals surface area (Å²) in [5, 5.41) is 0. The second-order valence-corrected chi connectivity index (χ2v) is 14.2.